The van der Waals surface area contributed by atoms with Crippen molar-refractivity contribution in [3.8, 4) is 22.5 Å². The minimum absolute atomic E-state index is 0.00963. The molecule has 22 nitrogen and oxygen atoms in total. The van der Waals surface area contributed by atoms with Gasteiger partial charge < -0.3 is 42.6 Å². The molecule has 9 N–H and O–H groups in total. The average molecular weight is 1010 g/mol. The van der Waals surface area contributed by atoms with Crippen molar-refractivity contribution in [3.05, 3.63) is 131 Å². The zero-order valence-corrected chi connectivity index (χ0v) is 42.1. The summed E-state index contributed by atoms with van der Waals surface area (Å²) in [5.41, 5.74) is 6.34. The summed E-state index contributed by atoms with van der Waals surface area (Å²) in [6, 6.07) is 22.3. The highest BCUT2D eigenvalue weighted by molar-refractivity contribution is 6.05. The Kier molecular flexibility index (Phi) is 16.0. The van der Waals surface area contributed by atoms with Crippen molar-refractivity contribution >= 4 is 47.5 Å². The van der Waals surface area contributed by atoms with E-state index in [1.165, 1.54) is 0 Å². The number of amides is 5. The van der Waals surface area contributed by atoms with Gasteiger partial charge in [0.05, 0.1) is 12.1 Å². The molecule has 0 unspecified atom stereocenters. The van der Waals surface area contributed by atoms with Gasteiger partial charge >= 0.3 is 18.2 Å². The van der Waals surface area contributed by atoms with Gasteiger partial charge in [0.2, 0.25) is 0 Å². The van der Waals surface area contributed by atoms with Crippen molar-refractivity contribution in [3.63, 3.8) is 0 Å². The first-order valence-electron chi connectivity index (χ1n) is 24.0. The molecular formula is C52H61N13O9. The summed E-state index contributed by atoms with van der Waals surface area (Å²) in [7, 11) is 0. The molecule has 2 fully saturated rings. The number of aromatic carboxylic acids is 1. The van der Waals surface area contributed by atoms with Crippen LogP contribution in [0.1, 0.15) is 145 Å². The standard InChI is InChI=1S/C26H31N7O4.C26H30N6O5/c1-26(2,3)37-25(36)32-15-7-5-8-18(32)23-31-20(21(22(27)34)33(23)28)16-10-12-17(13-11-16)24(35)30-19-9-4-6-14-29-19;1-26(2,3)37-25(36)31-15-7-5-8-18(31)22-30-20(21(24(34)35)32(22)27)16-10-12-17(13-11-16)23(33)29-19-9-4-6-14-28-19/h4,6,9-14,18H,5,7-8,15,28H2,1-3H3,(H2,27,34)(H,29,30,35);4,6,9-14,18H,5,7-8,15,27H2,1-3H3,(H,34,35)(H,28,29,33)/t2*18-/m00/s1. The Morgan fingerprint density at radius 3 is 1.32 bits per heavy atom. The van der Waals surface area contributed by atoms with Gasteiger partial charge in [-0.15, -0.1) is 0 Å². The van der Waals surface area contributed by atoms with Crippen molar-refractivity contribution in [2.24, 2.45) is 5.73 Å². The Morgan fingerprint density at radius 2 is 0.973 bits per heavy atom. The third-order valence-electron chi connectivity index (χ3n) is 11.8. The number of carboxylic acids is 1. The van der Waals surface area contributed by atoms with Gasteiger partial charge in [0.15, 0.2) is 23.0 Å². The molecule has 8 rings (SSSR count). The molecule has 0 aliphatic carbocycles. The van der Waals surface area contributed by atoms with Crippen LogP contribution in [0, 0.1) is 0 Å². The SMILES string of the molecule is CC(C)(C)OC(=O)N1CCCC[C@H]1c1nc(-c2ccc(C(=O)Nc3ccccn3)cc2)c(C(=O)O)n1N.CC(C)(C)OC(=O)N1CCCC[C@H]1c1nc(-c2ccc(C(=O)Nc3ccccn3)cc2)c(C(N)=O)n1N. The fraction of sp³-hybridized carbons (Fsp3) is 0.346. The number of likely N-dealkylation sites (tertiary alicyclic amines) is 2. The van der Waals surface area contributed by atoms with Gasteiger partial charge in [-0.05, 0) is 129 Å². The number of anilines is 2. The lowest BCUT2D eigenvalue weighted by Gasteiger charge is -2.36. The lowest BCUT2D eigenvalue weighted by molar-refractivity contribution is 0.00723. The van der Waals surface area contributed by atoms with Crippen LogP contribution in [0.5, 0.6) is 0 Å². The predicted octanol–water partition coefficient (Wildman–Crippen LogP) is 7.54. The van der Waals surface area contributed by atoms with E-state index in [-0.39, 0.29) is 40.4 Å². The maximum Gasteiger partial charge on any atom is 0.410 e. The first kappa shape index (κ1) is 53.0. The number of carbonyl (C=O) groups excluding carboxylic acids is 5. The fourth-order valence-corrected chi connectivity index (χ4v) is 8.50. The molecule has 0 bridgehead atoms. The number of nitrogens with one attached hydrogen (secondary N) is 2. The highest BCUT2D eigenvalue weighted by atomic mass is 16.6. The van der Waals surface area contributed by atoms with Crippen molar-refractivity contribution in [1.82, 2.24) is 39.1 Å². The van der Waals surface area contributed by atoms with Crippen LogP contribution in [0.25, 0.3) is 22.5 Å². The third-order valence-corrected chi connectivity index (χ3v) is 11.8. The van der Waals surface area contributed by atoms with Crippen LogP contribution in [0.2, 0.25) is 0 Å². The monoisotopic (exact) mass is 1010 g/mol. The lowest BCUT2D eigenvalue weighted by Crippen LogP contribution is -2.43. The van der Waals surface area contributed by atoms with E-state index in [0.29, 0.717) is 65.6 Å². The van der Waals surface area contributed by atoms with Crippen LogP contribution in [-0.4, -0.2) is 104 Å². The molecular weight excluding hydrogens is 951 g/mol. The Hall–Kier alpha value is -8.82. The number of ether oxygens (including phenoxy) is 2. The zero-order chi connectivity index (χ0) is 53.5. The number of pyridine rings is 2. The average Bonchev–Trinajstić information content (AvgIpc) is 3.90. The van der Waals surface area contributed by atoms with E-state index in [4.69, 9.17) is 26.9 Å². The predicted molar refractivity (Wildman–Crippen MR) is 275 cm³/mol. The Labute approximate surface area is 427 Å². The molecule has 5 amide bonds. The number of hydrogen-bond acceptors (Lipinski definition) is 14. The van der Waals surface area contributed by atoms with E-state index in [9.17, 15) is 33.9 Å². The molecule has 6 heterocycles. The van der Waals surface area contributed by atoms with E-state index in [1.807, 2.05) is 0 Å². The molecule has 2 aliphatic heterocycles. The molecule has 2 atom stereocenters. The summed E-state index contributed by atoms with van der Waals surface area (Å²) in [5.74, 6) is 11.3. The summed E-state index contributed by atoms with van der Waals surface area (Å²) in [6.45, 7) is 11.7. The van der Waals surface area contributed by atoms with Gasteiger partial charge in [0, 0.05) is 47.7 Å². The van der Waals surface area contributed by atoms with Gasteiger partial charge in [-0.3, -0.25) is 24.2 Å². The van der Waals surface area contributed by atoms with E-state index in [1.54, 1.807) is 149 Å². The van der Waals surface area contributed by atoms with E-state index in [0.717, 1.165) is 35.0 Å². The quantitative estimate of drug-likeness (QED) is 0.0722. The zero-order valence-electron chi connectivity index (χ0n) is 42.1. The van der Waals surface area contributed by atoms with E-state index >= 15 is 0 Å². The Bertz CT molecular complexity index is 2800. The highest BCUT2D eigenvalue weighted by Crippen LogP contribution is 2.36. The molecule has 0 saturated carbocycles. The molecule has 2 aromatic carbocycles. The smallest absolute Gasteiger partial charge is 0.410 e. The first-order valence-corrected chi connectivity index (χ1v) is 24.0. The van der Waals surface area contributed by atoms with E-state index < -0.39 is 47.3 Å². The van der Waals surface area contributed by atoms with Crippen LogP contribution < -0.4 is 28.1 Å². The second-order valence-electron chi connectivity index (χ2n) is 19.6. The summed E-state index contributed by atoms with van der Waals surface area (Å²) >= 11 is 0. The lowest BCUT2D eigenvalue weighted by atomic mass is 10.0. The van der Waals surface area contributed by atoms with Gasteiger partial charge in [-0.1, -0.05) is 36.4 Å². The molecule has 2 saturated heterocycles. The number of piperidine rings is 2. The topological polar surface area (TPSA) is 311 Å². The van der Waals surface area contributed by atoms with Crippen LogP contribution >= 0.6 is 0 Å². The van der Waals surface area contributed by atoms with Crippen molar-refractivity contribution in [1.29, 1.82) is 0 Å². The second kappa shape index (κ2) is 22.3. The number of rotatable bonds is 10. The van der Waals surface area contributed by atoms with Gasteiger partial charge in [-0.2, -0.15) is 0 Å². The second-order valence-corrected chi connectivity index (χ2v) is 19.6. The Balaban J connectivity index is 0.000000216. The summed E-state index contributed by atoms with van der Waals surface area (Å²) < 4.78 is 13.4. The number of carboxylic acid groups (broad SMARTS) is 1. The number of nitrogens with zero attached hydrogens (tertiary/aromatic N) is 8. The van der Waals surface area contributed by atoms with Gasteiger partial charge in [-0.25, -0.2) is 43.7 Å². The molecule has 22 heteroatoms. The minimum Gasteiger partial charge on any atom is -0.476 e. The first-order chi connectivity index (χ1) is 35.1. The number of nitrogens with two attached hydrogens (primary N) is 3. The summed E-state index contributed by atoms with van der Waals surface area (Å²) in [4.78, 5) is 96.1. The summed E-state index contributed by atoms with van der Waals surface area (Å²) in [6.07, 6.45) is 6.67. The number of benzene rings is 2. The maximum atomic E-state index is 12.9. The molecule has 0 spiro atoms. The van der Waals surface area contributed by atoms with E-state index in [2.05, 4.69) is 30.6 Å². The largest absolute Gasteiger partial charge is 0.476 e. The van der Waals surface area contributed by atoms with Crippen LogP contribution in [0.3, 0.4) is 0 Å². The minimum atomic E-state index is -1.26. The third kappa shape index (κ3) is 12.6. The van der Waals surface area contributed by atoms with Crippen LogP contribution in [0.15, 0.2) is 97.3 Å². The molecule has 6 aromatic rings. The van der Waals surface area contributed by atoms with Crippen LogP contribution in [-0.2, 0) is 9.47 Å². The molecule has 0 radical (unpaired) electrons. The molecule has 2 aliphatic rings. The summed E-state index contributed by atoms with van der Waals surface area (Å²) in [5, 5.41) is 15.4. The molecule has 388 valence electrons. The number of nitrogen functional groups attached to an aromatic ring is 2. The fourth-order valence-electron chi connectivity index (χ4n) is 8.50. The normalized spacial score (nSPS) is 15.8. The number of hydrogen-bond donors (Lipinski definition) is 6. The maximum absolute atomic E-state index is 12.9. The highest BCUT2D eigenvalue weighted by Gasteiger charge is 2.38. The van der Waals surface area contributed by atoms with Crippen molar-refractivity contribution in [2.45, 2.75) is 103 Å². The number of aromatic nitrogens is 6. The van der Waals surface area contributed by atoms with Gasteiger partial charge in [0.1, 0.15) is 34.2 Å². The van der Waals surface area contributed by atoms with Crippen LogP contribution in [0.4, 0.5) is 21.2 Å². The molecule has 4 aromatic heterocycles. The Morgan fingerprint density at radius 1 is 0.581 bits per heavy atom. The van der Waals surface area contributed by atoms with Gasteiger partial charge in [0.25, 0.3) is 17.7 Å². The number of primary amides is 1. The number of imidazole rings is 2. The molecule has 74 heavy (non-hydrogen) atoms. The van der Waals surface area contributed by atoms with Crippen molar-refractivity contribution < 1.29 is 43.3 Å². The number of carbonyl (C=O) groups is 6. The van der Waals surface area contributed by atoms with Crippen molar-refractivity contribution in [2.75, 3.05) is 35.4 Å².